The average molecular weight is 1490 g/mol. The van der Waals surface area contributed by atoms with E-state index in [9.17, 15) is 43.2 Å². The van der Waals surface area contributed by atoms with Crippen LogP contribution in [0.2, 0.25) is 0 Å². The maximum atomic E-state index is 15.2. The van der Waals surface area contributed by atoms with Gasteiger partial charge in [0.05, 0.1) is 6.04 Å². The second kappa shape index (κ2) is 51.1. The van der Waals surface area contributed by atoms with E-state index >= 15 is 9.59 Å². The molecule has 0 saturated carbocycles. The van der Waals surface area contributed by atoms with Crippen LogP contribution in [0, 0.1) is 41.4 Å². The summed E-state index contributed by atoms with van der Waals surface area (Å²) >= 11 is 0. The zero-order valence-corrected chi connectivity index (χ0v) is 66.5. The number of hydrogen-bond donors (Lipinski definition) is 18. The van der Waals surface area contributed by atoms with Crippen LogP contribution in [-0.4, -0.2) is 175 Å². The summed E-state index contributed by atoms with van der Waals surface area (Å²) in [7, 11) is 0. The first-order chi connectivity index (χ1) is 50.0. The van der Waals surface area contributed by atoms with Crippen molar-refractivity contribution in [3.05, 3.63) is 36.0 Å². The van der Waals surface area contributed by atoms with Crippen molar-refractivity contribution in [2.45, 2.75) is 298 Å². The van der Waals surface area contributed by atoms with Gasteiger partial charge in [-0.1, -0.05) is 115 Å². The van der Waals surface area contributed by atoms with Crippen LogP contribution in [0.4, 0.5) is 0 Å². The summed E-state index contributed by atoms with van der Waals surface area (Å²) in [6.07, 6.45) is 8.01. The van der Waals surface area contributed by atoms with Crippen LogP contribution >= 0.6 is 0 Å². The Labute approximate surface area is 631 Å². The zero-order chi connectivity index (χ0) is 79.8. The first-order valence-corrected chi connectivity index (χ1v) is 39.2. The van der Waals surface area contributed by atoms with Gasteiger partial charge >= 0.3 is 0 Å². The number of carbonyl (C=O) groups is 11. The number of para-hydroxylation sites is 1. The lowest BCUT2D eigenvalue weighted by molar-refractivity contribution is -0.136. The Morgan fingerprint density at radius 2 is 0.585 bits per heavy atom. The number of H-pyrrole nitrogens is 1. The van der Waals surface area contributed by atoms with Crippen molar-refractivity contribution in [1.82, 2.24) is 63.5 Å². The van der Waals surface area contributed by atoms with Crippen LogP contribution in [-0.2, 0) is 59.2 Å². The van der Waals surface area contributed by atoms with E-state index in [1.165, 1.54) is 0 Å². The number of unbranched alkanes of at least 4 members (excludes halogenated alkanes) is 4. The molecule has 0 unspecified atom stereocenters. The van der Waals surface area contributed by atoms with Gasteiger partial charge in [-0.25, -0.2) is 0 Å². The molecular weight excluding hydrogens is 1350 g/mol. The van der Waals surface area contributed by atoms with Crippen molar-refractivity contribution in [2.24, 2.45) is 75.8 Å². The number of carbonyl (C=O) groups excluding carboxylic acids is 11. The molecule has 0 aliphatic heterocycles. The number of benzene rings is 1. The fourth-order valence-corrected chi connectivity index (χ4v) is 12.8. The van der Waals surface area contributed by atoms with Crippen molar-refractivity contribution in [3.63, 3.8) is 0 Å². The van der Waals surface area contributed by atoms with Crippen molar-refractivity contribution >= 4 is 75.9 Å². The van der Waals surface area contributed by atoms with Gasteiger partial charge < -0.3 is 97.9 Å². The number of rotatable bonds is 56. The molecule has 24 N–H and O–H groups in total. The number of fused-ring (bicyclic) bond motifs is 1. The summed E-state index contributed by atoms with van der Waals surface area (Å²) in [5.41, 5.74) is 36.9. The molecule has 0 saturated heterocycles. The Hall–Kier alpha value is -7.31. The van der Waals surface area contributed by atoms with E-state index in [1.807, 2.05) is 107 Å². The van der Waals surface area contributed by atoms with E-state index in [0.29, 0.717) is 88.9 Å². The molecule has 1 aromatic heterocycles. The number of nitrogens with two attached hydrogens (primary N) is 6. The Bertz CT molecular complexity index is 3000. The van der Waals surface area contributed by atoms with E-state index in [0.717, 1.165) is 17.3 Å². The molecule has 29 nitrogen and oxygen atoms in total. The molecule has 29 heteroatoms. The van der Waals surface area contributed by atoms with Crippen LogP contribution in [0.15, 0.2) is 30.5 Å². The molecule has 604 valence electrons. The molecule has 0 spiro atoms. The third-order valence-corrected chi connectivity index (χ3v) is 18.2. The molecule has 106 heavy (non-hydrogen) atoms. The summed E-state index contributed by atoms with van der Waals surface area (Å²) in [4.78, 5) is 162. The number of primary amides is 1. The number of nitrogens with one attached hydrogen (secondary N) is 12. The Morgan fingerprint density at radius 1 is 0.330 bits per heavy atom. The molecule has 12 atom stereocenters. The van der Waals surface area contributed by atoms with Crippen LogP contribution < -0.4 is 92.9 Å². The van der Waals surface area contributed by atoms with Crippen LogP contribution in [0.3, 0.4) is 0 Å². The van der Waals surface area contributed by atoms with Crippen LogP contribution in [0.1, 0.15) is 224 Å². The SMILES string of the molecule is CC(C)C[C@H](N)CN[C@@H](CC(C)C)C(=O)N[C@@H](CC(C)C)C(=O)N[C@@H](CCCCN)C(=O)N[C@@H](CCCCN)C(=O)N[C@@H](CC(C)C)C(=O)N[C@@H](Cc1c[nH]c2ccccc12)C(=O)N[C@@H](CC(C)C)C(=O)N[C@@H](CCCCN)C(=O)N[C@@H](CC(C)C)C(=O)N[C@@H](CC(C)C)C(=O)N[C@@H](CCCCN)C(N)=O. The lowest BCUT2D eigenvalue weighted by Crippen LogP contribution is -2.61. The van der Waals surface area contributed by atoms with E-state index in [-0.39, 0.29) is 125 Å². The molecule has 0 aliphatic rings. The summed E-state index contributed by atoms with van der Waals surface area (Å²) in [5, 5.41) is 32.8. The molecule has 2 aromatic rings. The Balaban J connectivity index is 2.64. The predicted octanol–water partition coefficient (Wildman–Crippen LogP) is 3.17. The number of aromatic amines is 1. The molecular formula is C77H140N18O11. The maximum absolute atomic E-state index is 15.2. The molecule has 1 aromatic carbocycles. The van der Waals surface area contributed by atoms with Gasteiger partial charge in [-0.3, -0.25) is 52.7 Å². The Morgan fingerprint density at radius 3 is 0.896 bits per heavy atom. The van der Waals surface area contributed by atoms with E-state index < -0.39 is 126 Å². The third-order valence-electron chi connectivity index (χ3n) is 18.2. The average Bonchev–Trinajstić information content (AvgIpc) is 1.63. The molecule has 2 rings (SSSR count). The topological polar surface area (TPSA) is 492 Å². The molecule has 0 radical (unpaired) electrons. The quantitative estimate of drug-likeness (QED) is 0.0423. The minimum atomic E-state index is -1.38. The highest BCUT2D eigenvalue weighted by Gasteiger charge is 2.38. The van der Waals surface area contributed by atoms with E-state index in [4.69, 9.17) is 34.4 Å². The fraction of sp³-hybridized carbons (Fsp3) is 0.753. The minimum Gasteiger partial charge on any atom is -0.368 e. The van der Waals surface area contributed by atoms with Gasteiger partial charge in [-0.05, 0) is 201 Å². The lowest BCUT2D eigenvalue weighted by Gasteiger charge is -2.30. The van der Waals surface area contributed by atoms with Gasteiger partial charge in [0, 0.05) is 36.1 Å². The largest absolute Gasteiger partial charge is 0.368 e. The first kappa shape index (κ1) is 94.8. The second-order valence-corrected chi connectivity index (χ2v) is 31.8. The molecule has 1 heterocycles. The van der Waals surface area contributed by atoms with Crippen molar-refractivity contribution in [1.29, 1.82) is 0 Å². The van der Waals surface area contributed by atoms with Crippen molar-refractivity contribution in [3.8, 4) is 0 Å². The number of hydrogen-bond acceptors (Lipinski definition) is 17. The van der Waals surface area contributed by atoms with Crippen LogP contribution in [0.25, 0.3) is 10.9 Å². The molecule has 0 fully saturated rings. The highest BCUT2D eigenvalue weighted by atomic mass is 16.2. The van der Waals surface area contributed by atoms with Crippen molar-refractivity contribution in [2.75, 3.05) is 32.7 Å². The van der Waals surface area contributed by atoms with E-state index in [2.05, 4.69) is 77.3 Å². The summed E-state index contributed by atoms with van der Waals surface area (Å²) < 4.78 is 0. The van der Waals surface area contributed by atoms with Gasteiger partial charge in [-0.2, -0.15) is 0 Å². The van der Waals surface area contributed by atoms with Gasteiger partial charge in [-0.15, -0.1) is 0 Å². The standard InChI is InChI=1S/C77H140N18O11/c1-45(2)35-53(82)44-85-60(36-46(3)4)71(100)92-62(38-48(7)8)73(102)88-57(28-18-22-32-79)68(97)87-58(29-19-23-33-80)69(98)91-65(41-51(13)14)76(105)95-66(42-52-43-84-55-26-16-15-25-54(52)55)77(106)94-63(39-49(9)10)74(103)89-59(30-20-24-34-81)70(99)90-64(40-50(11)12)75(104)93-61(37-47(5)6)72(101)86-56(67(83)96)27-17-21-31-78/h15-16,25-26,43,45-51,53,56-66,84-85H,17-24,27-42,44,78-82H2,1-14H3,(H2,83,96)(H,86,101)(H,87,97)(H,88,102)(H,89,103)(H,90,99)(H,91,98)(H,92,100)(H,93,104)(H,94,106)(H,95,105)/t53-,56-,57-,58-,59-,60-,61-,62-,63-,64-,65-,66-/m0/s1. The zero-order valence-electron chi connectivity index (χ0n) is 66.5. The second-order valence-electron chi connectivity index (χ2n) is 31.8. The first-order valence-electron chi connectivity index (χ1n) is 39.2. The normalized spacial score (nSPS) is 15.2. The van der Waals surface area contributed by atoms with Gasteiger partial charge in [0.15, 0.2) is 0 Å². The maximum Gasteiger partial charge on any atom is 0.243 e. The summed E-state index contributed by atoms with van der Waals surface area (Å²) in [6, 6.07) is -5.39. The van der Waals surface area contributed by atoms with Gasteiger partial charge in [0.25, 0.3) is 0 Å². The van der Waals surface area contributed by atoms with E-state index in [1.54, 1.807) is 6.20 Å². The van der Waals surface area contributed by atoms with Crippen LogP contribution in [0.5, 0.6) is 0 Å². The number of aromatic nitrogens is 1. The smallest absolute Gasteiger partial charge is 0.243 e. The monoisotopic (exact) mass is 1490 g/mol. The fourth-order valence-electron chi connectivity index (χ4n) is 12.8. The highest BCUT2D eigenvalue weighted by molar-refractivity contribution is 5.99. The summed E-state index contributed by atoms with van der Waals surface area (Å²) in [6.45, 7) is 28.5. The van der Waals surface area contributed by atoms with Crippen molar-refractivity contribution < 1.29 is 52.7 Å². The number of amides is 11. The molecule has 0 bridgehead atoms. The third kappa shape index (κ3) is 37.5. The predicted molar refractivity (Wildman–Crippen MR) is 418 cm³/mol. The summed E-state index contributed by atoms with van der Waals surface area (Å²) in [5.74, 6) is -7.51. The minimum absolute atomic E-state index is 0.0463. The Kier molecular flexibility index (Phi) is 45.7. The van der Waals surface area contributed by atoms with Gasteiger partial charge in [0.1, 0.15) is 60.4 Å². The highest BCUT2D eigenvalue weighted by Crippen LogP contribution is 2.22. The lowest BCUT2D eigenvalue weighted by atomic mass is 9.98. The van der Waals surface area contributed by atoms with Gasteiger partial charge in [0.2, 0.25) is 65.0 Å². The molecule has 0 aliphatic carbocycles. The molecule has 11 amide bonds.